The Morgan fingerprint density at radius 1 is 0.909 bits per heavy atom. The first-order chi connectivity index (χ1) is 16.2. The number of fused-ring (bicyclic) bond motifs is 4. The van der Waals surface area contributed by atoms with Crippen LogP contribution in [-0.2, 0) is 6.54 Å². The van der Waals surface area contributed by atoms with Crippen LogP contribution in [0, 0.1) is 5.82 Å². The Morgan fingerprint density at radius 2 is 1.61 bits per heavy atom. The molecule has 0 bridgehead atoms. The van der Waals surface area contributed by atoms with Gasteiger partial charge in [0.15, 0.2) is 11.5 Å². The molecule has 33 heavy (non-hydrogen) atoms. The van der Waals surface area contributed by atoms with Crippen molar-refractivity contribution in [1.29, 1.82) is 0 Å². The van der Waals surface area contributed by atoms with Crippen LogP contribution in [0.25, 0.3) is 33.4 Å². The Bertz CT molecular complexity index is 1430. The summed E-state index contributed by atoms with van der Waals surface area (Å²) in [5.74, 6) is 1.94. The molecule has 0 aromatic heterocycles. The van der Waals surface area contributed by atoms with Crippen LogP contribution in [0.2, 0.25) is 0 Å². The molecule has 6 rings (SSSR count). The number of hydrogen-bond acceptors (Lipinski definition) is 5. The highest BCUT2D eigenvalue weighted by Crippen LogP contribution is 2.41. The summed E-state index contributed by atoms with van der Waals surface area (Å²) in [5, 5.41) is 9.87. The number of aromatic nitrogens is 3. The molecule has 0 saturated heterocycles. The summed E-state index contributed by atoms with van der Waals surface area (Å²) in [6.45, 7) is 1.65. The van der Waals surface area contributed by atoms with Crippen LogP contribution in [0.4, 0.5) is 4.39 Å². The molecule has 6 nitrogen and oxygen atoms in total. The van der Waals surface area contributed by atoms with Crippen molar-refractivity contribution < 1.29 is 18.6 Å². The van der Waals surface area contributed by atoms with E-state index in [1.807, 2.05) is 36.4 Å². The maximum atomic E-state index is 13.5. The van der Waals surface area contributed by atoms with Gasteiger partial charge in [-0.1, -0.05) is 12.1 Å². The van der Waals surface area contributed by atoms with Crippen LogP contribution >= 0.6 is 0 Å². The summed E-state index contributed by atoms with van der Waals surface area (Å²) in [6, 6.07) is 18.3. The quantitative estimate of drug-likeness (QED) is 0.385. The lowest BCUT2D eigenvalue weighted by Crippen LogP contribution is -2.15. The molecule has 0 unspecified atom stereocenters. The second-order valence-corrected chi connectivity index (χ2v) is 7.94. The van der Waals surface area contributed by atoms with Crippen molar-refractivity contribution in [1.82, 2.24) is 14.8 Å². The molecule has 0 amide bonds. The largest absolute Gasteiger partial charge is 0.497 e. The van der Waals surface area contributed by atoms with Gasteiger partial charge in [0, 0.05) is 35.3 Å². The predicted octanol–water partition coefficient (Wildman–Crippen LogP) is 5.17. The van der Waals surface area contributed by atoms with Gasteiger partial charge in [0.1, 0.15) is 36.2 Å². The predicted molar refractivity (Wildman–Crippen MR) is 123 cm³/mol. The Labute approximate surface area is 189 Å². The van der Waals surface area contributed by atoms with Crippen LogP contribution in [0.1, 0.15) is 5.56 Å². The van der Waals surface area contributed by atoms with Gasteiger partial charge in [0.05, 0.1) is 12.6 Å². The fourth-order valence-corrected chi connectivity index (χ4v) is 4.25. The molecule has 3 aromatic rings. The monoisotopic (exact) mass is 441 g/mol. The number of methoxy groups -OCH3 is 1. The zero-order valence-corrected chi connectivity index (χ0v) is 17.9. The zero-order valence-electron chi connectivity index (χ0n) is 17.9. The molecule has 3 aliphatic rings. The molecule has 164 valence electrons. The van der Waals surface area contributed by atoms with Crippen LogP contribution < -0.4 is 14.2 Å². The van der Waals surface area contributed by atoms with E-state index in [0.29, 0.717) is 31.2 Å². The van der Waals surface area contributed by atoms with E-state index in [0.717, 1.165) is 44.8 Å². The van der Waals surface area contributed by atoms with Crippen LogP contribution in [0.15, 0.2) is 66.9 Å². The molecule has 0 aliphatic carbocycles. The molecule has 7 heteroatoms. The molecule has 0 N–H and O–H groups in total. The third kappa shape index (κ3) is 3.42. The van der Waals surface area contributed by atoms with Gasteiger partial charge in [-0.2, -0.15) is 0 Å². The average Bonchev–Trinajstić information content (AvgIpc) is 3.28. The molecular formula is C26H20FN3O3. The van der Waals surface area contributed by atoms with Gasteiger partial charge in [-0.05, 0) is 48.0 Å². The second-order valence-electron chi connectivity index (χ2n) is 7.94. The number of benzene rings is 3. The van der Waals surface area contributed by atoms with Crippen molar-refractivity contribution in [3.05, 3.63) is 78.2 Å². The van der Waals surface area contributed by atoms with Crippen molar-refractivity contribution in [2.24, 2.45) is 0 Å². The fraction of sp³-hybridized carbons (Fsp3) is 0.154. The van der Waals surface area contributed by atoms with Crippen LogP contribution in [-0.4, -0.2) is 35.1 Å². The maximum Gasteiger partial charge on any atom is 0.163 e. The number of hydrogen-bond donors (Lipinski definition) is 0. The Balaban J connectivity index is 1.56. The molecule has 3 aromatic carbocycles. The summed E-state index contributed by atoms with van der Waals surface area (Å²) < 4.78 is 32.6. The summed E-state index contributed by atoms with van der Waals surface area (Å²) in [6.07, 6.45) is 2.05. The zero-order chi connectivity index (χ0) is 22.4. The van der Waals surface area contributed by atoms with E-state index in [1.165, 1.54) is 12.1 Å². The number of nitrogens with zero attached hydrogens (tertiary/aromatic N) is 3. The summed E-state index contributed by atoms with van der Waals surface area (Å²) in [5.41, 5.74) is 5.27. The summed E-state index contributed by atoms with van der Waals surface area (Å²) in [4.78, 5) is 0. The topological polar surface area (TPSA) is 58.4 Å². The van der Waals surface area contributed by atoms with Crippen molar-refractivity contribution in [3.63, 3.8) is 0 Å². The van der Waals surface area contributed by atoms with E-state index in [4.69, 9.17) is 14.2 Å². The second kappa shape index (κ2) is 7.78. The highest BCUT2D eigenvalue weighted by atomic mass is 19.1. The first-order valence-corrected chi connectivity index (χ1v) is 10.7. The van der Waals surface area contributed by atoms with Gasteiger partial charge < -0.3 is 18.8 Å². The number of rotatable bonds is 4. The van der Waals surface area contributed by atoms with E-state index >= 15 is 0 Å². The lowest BCUT2D eigenvalue weighted by Gasteiger charge is -2.21. The molecule has 0 radical (unpaired) electrons. The molecular weight excluding hydrogens is 421 g/mol. The van der Waals surface area contributed by atoms with Gasteiger partial charge in [-0.25, -0.2) is 4.39 Å². The van der Waals surface area contributed by atoms with Crippen molar-refractivity contribution >= 4 is 10.9 Å². The van der Waals surface area contributed by atoms with E-state index in [1.54, 1.807) is 19.2 Å². The van der Waals surface area contributed by atoms with Crippen LogP contribution in [0.3, 0.4) is 0 Å². The molecule has 3 aliphatic heterocycles. The first-order valence-electron chi connectivity index (χ1n) is 10.7. The van der Waals surface area contributed by atoms with Gasteiger partial charge in [-0.15, -0.1) is 10.2 Å². The van der Waals surface area contributed by atoms with Crippen molar-refractivity contribution in [2.75, 3.05) is 20.3 Å². The number of pyridine rings is 1. The molecule has 0 spiro atoms. The maximum absolute atomic E-state index is 13.5. The van der Waals surface area contributed by atoms with E-state index in [-0.39, 0.29) is 5.82 Å². The Morgan fingerprint density at radius 3 is 2.33 bits per heavy atom. The third-order valence-electron chi connectivity index (χ3n) is 5.90. The smallest absolute Gasteiger partial charge is 0.163 e. The SMILES string of the molecule is COc1ccc(Cn2cc3c(-c4ccc(F)cc4)nnc-3c3cc4c(cc32)OCCO4)cc1. The molecule has 0 fully saturated rings. The van der Waals surface area contributed by atoms with Gasteiger partial charge in [-0.3, -0.25) is 0 Å². The standard InChI is InChI=1S/C26H20FN3O3/c1-31-19-8-2-16(3-9-19)14-30-15-21-25(17-4-6-18(27)7-5-17)28-29-26(21)20-12-23-24(13-22(20)30)33-11-10-32-23/h2-9,12-13,15H,10-11,14H2,1H3. The minimum atomic E-state index is -0.286. The normalized spacial score (nSPS) is 12.9. The molecule has 3 heterocycles. The summed E-state index contributed by atoms with van der Waals surface area (Å²) >= 11 is 0. The Kier molecular flexibility index (Phi) is 4.61. The lowest BCUT2D eigenvalue weighted by atomic mass is 10.0. The number of halogens is 1. The van der Waals surface area contributed by atoms with E-state index in [9.17, 15) is 4.39 Å². The van der Waals surface area contributed by atoms with E-state index in [2.05, 4.69) is 21.0 Å². The minimum Gasteiger partial charge on any atom is -0.497 e. The first kappa shape index (κ1) is 19.5. The molecule has 0 saturated carbocycles. The van der Waals surface area contributed by atoms with Gasteiger partial charge in [0.2, 0.25) is 0 Å². The van der Waals surface area contributed by atoms with Gasteiger partial charge >= 0.3 is 0 Å². The third-order valence-corrected chi connectivity index (χ3v) is 5.90. The molecule has 0 atom stereocenters. The average molecular weight is 441 g/mol. The van der Waals surface area contributed by atoms with Crippen molar-refractivity contribution in [3.8, 4) is 39.8 Å². The Hall–Kier alpha value is -4.13. The van der Waals surface area contributed by atoms with Crippen LogP contribution in [0.5, 0.6) is 17.2 Å². The van der Waals surface area contributed by atoms with Gasteiger partial charge in [0.25, 0.3) is 0 Å². The fourth-order valence-electron chi connectivity index (χ4n) is 4.25. The highest BCUT2D eigenvalue weighted by Gasteiger charge is 2.23. The van der Waals surface area contributed by atoms with Crippen molar-refractivity contribution in [2.45, 2.75) is 6.54 Å². The van der Waals surface area contributed by atoms with E-state index < -0.39 is 0 Å². The lowest BCUT2D eigenvalue weighted by molar-refractivity contribution is 0.172. The minimum absolute atomic E-state index is 0.286. The highest BCUT2D eigenvalue weighted by molar-refractivity contribution is 5.99. The number of ether oxygens (including phenoxy) is 3. The summed E-state index contributed by atoms with van der Waals surface area (Å²) in [7, 11) is 1.66.